The topological polar surface area (TPSA) is 75.6 Å². The van der Waals surface area contributed by atoms with Crippen molar-refractivity contribution in [3.05, 3.63) is 33.1 Å². The van der Waals surface area contributed by atoms with Gasteiger partial charge >= 0.3 is 5.97 Å². The van der Waals surface area contributed by atoms with Gasteiger partial charge in [-0.2, -0.15) is 0 Å². The third-order valence-electron chi connectivity index (χ3n) is 3.15. The van der Waals surface area contributed by atoms with Crippen LogP contribution in [0.4, 0.5) is 4.39 Å². The molecule has 2 rings (SSSR count). The zero-order valence-corrected chi connectivity index (χ0v) is 12.6. The molecule has 1 aromatic carbocycles. The molecule has 108 valence electrons. The number of benzene rings is 1. The van der Waals surface area contributed by atoms with Gasteiger partial charge in [0.25, 0.3) is 5.91 Å². The minimum atomic E-state index is -0.996. The van der Waals surface area contributed by atoms with Crippen LogP contribution in [-0.4, -0.2) is 35.7 Å². The lowest BCUT2D eigenvalue weighted by Gasteiger charge is -2.27. The zero-order chi connectivity index (χ0) is 14.8. The van der Waals surface area contributed by atoms with Crippen LogP contribution in [0.1, 0.15) is 23.2 Å². The Labute approximate surface area is 128 Å². The third-order valence-corrected chi connectivity index (χ3v) is 4.04. The molecule has 0 saturated carbocycles. The number of carboxylic acid groups (broad SMARTS) is 1. The SMILES string of the molecule is O=C(O)CC1(NC(=O)c2ccc(F)cc2I)CCOC1. The van der Waals surface area contributed by atoms with Crippen molar-refractivity contribution in [1.29, 1.82) is 0 Å². The van der Waals surface area contributed by atoms with Gasteiger partial charge in [0.05, 0.1) is 24.1 Å². The highest BCUT2D eigenvalue weighted by Gasteiger charge is 2.39. The average molecular weight is 393 g/mol. The number of nitrogens with one attached hydrogen (secondary N) is 1. The Morgan fingerprint density at radius 2 is 2.25 bits per heavy atom. The van der Waals surface area contributed by atoms with Crippen molar-refractivity contribution >= 4 is 34.5 Å². The molecule has 1 fully saturated rings. The molecule has 1 atom stereocenters. The number of carboxylic acids is 1. The van der Waals surface area contributed by atoms with Crippen LogP contribution in [0, 0.1) is 9.39 Å². The number of ether oxygens (including phenoxy) is 1. The van der Waals surface area contributed by atoms with Crippen molar-refractivity contribution in [3.63, 3.8) is 0 Å². The van der Waals surface area contributed by atoms with Crippen LogP contribution in [-0.2, 0) is 9.53 Å². The highest BCUT2D eigenvalue weighted by Crippen LogP contribution is 2.24. The van der Waals surface area contributed by atoms with Gasteiger partial charge in [-0.15, -0.1) is 0 Å². The first kappa shape index (κ1) is 15.2. The van der Waals surface area contributed by atoms with E-state index < -0.39 is 23.2 Å². The summed E-state index contributed by atoms with van der Waals surface area (Å²) in [6.45, 7) is 0.580. The van der Waals surface area contributed by atoms with E-state index in [9.17, 15) is 14.0 Å². The standard InChI is InChI=1S/C13H13FINO4/c14-8-1-2-9(10(15)5-8)12(19)16-13(6-11(17)18)3-4-20-7-13/h1-2,5H,3-4,6-7H2,(H,16,19)(H,17,18). The molecule has 1 amide bonds. The number of halogens is 2. The molecule has 1 unspecified atom stereocenters. The van der Waals surface area contributed by atoms with Crippen LogP contribution in [0.25, 0.3) is 0 Å². The molecule has 1 aliphatic heterocycles. The lowest BCUT2D eigenvalue weighted by atomic mass is 9.94. The normalized spacial score (nSPS) is 21.7. The summed E-state index contributed by atoms with van der Waals surface area (Å²) >= 11 is 1.87. The molecule has 0 aromatic heterocycles. The van der Waals surface area contributed by atoms with E-state index >= 15 is 0 Å². The van der Waals surface area contributed by atoms with Gasteiger partial charge in [0.15, 0.2) is 0 Å². The average Bonchev–Trinajstić information content (AvgIpc) is 2.75. The fourth-order valence-electron chi connectivity index (χ4n) is 2.16. The Balaban J connectivity index is 2.18. The van der Waals surface area contributed by atoms with Gasteiger partial charge in [-0.25, -0.2) is 4.39 Å². The molecule has 7 heteroatoms. The lowest BCUT2D eigenvalue weighted by molar-refractivity contribution is -0.138. The van der Waals surface area contributed by atoms with Crippen LogP contribution in [0.5, 0.6) is 0 Å². The monoisotopic (exact) mass is 393 g/mol. The van der Waals surface area contributed by atoms with Crippen LogP contribution in [0.15, 0.2) is 18.2 Å². The predicted octanol–water partition coefficient (Wildman–Crippen LogP) is 1.79. The summed E-state index contributed by atoms with van der Waals surface area (Å²) in [6.07, 6.45) is 0.249. The van der Waals surface area contributed by atoms with E-state index in [0.29, 0.717) is 22.2 Å². The maximum atomic E-state index is 13.0. The van der Waals surface area contributed by atoms with E-state index in [1.165, 1.54) is 18.2 Å². The quantitative estimate of drug-likeness (QED) is 0.766. The smallest absolute Gasteiger partial charge is 0.305 e. The Kier molecular flexibility index (Phi) is 4.59. The largest absolute Gasteiger partial charge is 0.481 e. The van der Waals surface area contributed by atoms with Crippen LogP contribution >= 0.6 is 22.6 Å². The number of carbonyl (C=O) groups is 2. The lowest BCUT2D eigenvalue weighted by Crippen LogP contribution is -2.50. The van der Waals surface area contributed by atoms with Crippen molar-refractivity contribution in [2.24, 2.45) is 0 Å². The third kappa shape index (κ3) is 3.45. The van der Waals surface area contributed by atoms with Crippen molar-refractivity contribution in [2.75, 3.05) is 13.2 Å². The van der Waals surface area contributed by atoms with Crippen molar-refractivity contribution < 1.29 is 23.8 Å². The maximum Gasteiger partial charge on any atom is 0.305 e. The van der Waals surface area contributed by atoms with Crippen LogP contribution in [0.2, 0.25) is 0 Å². The van der Waals surface area contributed by atoms with E-state index in [-0.39, 0.29) is 13.0 Å². The Bertz CT molecular complexity index is 543. The molecular weight excluding hydrogens is 380 g/mol. The van der Waals surface area contributed by atoms with Gasteiger partial charge in [0.1, 0.15) is 5.82 Å². The van der Waals surface area contributed by atoms with Gasteiger partial charge in [-0.1, -0.05) is 0 Å². The van der Waals surface area contributed by atoms with Gasteiger partial charge in [0.2, 0.25) is 0 Å². The number of aliphatic carboxylic acids is 1. The maximum absolute atomic E-state index is 13.0. The van der Waals surface area contributed by atoms with E-state index in [1.807, 2.05) is 22.6 Å². The van der Waals surface area contributed by atoms with E-state index in [2.05, 4.69) is 5.32 Å². The molecule has 0 aliphatic carbocycles. The van der Waals surface area contributed by atoms with Gasteiger partial charge in [0, 0.05) is 10.2 Å². The summed E-state index contributed by atoms with van der Waals surface area (Å²) in [5.74, 6) is -1.83. The molecule has 1 aliphatic rings. The molecule has 2 N–H and O–H groups in total. The molecule has 0 bridgehead atoms. The second kappa shape index (κ2) is 6.04. The first-order valence-corrected chi connectivity index (χ1v) is 7.07. The number of hydrogen-bond donors (Lipinski definition) is 2. The molecule has 1 heterocycles. The summed E-state index contributed by atoms with van der Waals surface area (Å²) in [4.78, 5) is 23.2. The minimum Gasteiger partial charge on any atom is -0.481 e. The number of amides is 1. The first-order valence-electron chi connectivity index (χ1n) is 5.99. The second-order valence-corrected chi connectivity index (χ2v) is 5.89. The van der Waals surface area contributed by atoms with Gasteiger partial charge < -0.3 is 15.2 Å². The highest BCUT2D eigenvalue weighted by molar-refractivity contribution is 14.1. The molecule has 1 aromatic rings. The molecule has 5 nitrogen and oxygen atoms in total. The molecule has 0 spiro atoms. The van der Waals surface area contributed by atoms with E-state index in [1.54, 1.807) is 0 Å². The van der Waals surface area contributed by atoms with E-state index in [0.717, 1.165) is 0 Å². The Hall–Kier alpha value is -1.22. The van der Waals surface area contributed by atoms with Crippen LogP contribution in [0.3, 0.4) is 0 Å². The zero-order valence-electron chi connectivity index (χ0n) is 10.5. The predicted molar refractivity (Wildman–Crippen MR) is 77.0 cm³/mol. The van der Waals surface area contributed by atoms with Gasteiger partial charge in [-0.3, -0.25) is 9.59 Å². The summed E-state index contributed by atoms with van der Waals surface area (Å²) in [7, 11) is 0. The molecular formula is C13H13FINO4. The Morgan fingerprint density at radius 3 is 2.80 bits per heavy atom. The Morgan fingerprint density at radius 1 is 1.50 bits per heavy atom. The fourth-order valence-corrected chi connectivity index (χ4v) is 2.88. The van der Waals surface area contributed by atoms with Gasteiger partial charge in [-0.05, 0) is 47.2 Å². The number of rotatable bonds is 4. The van der Waals surface area contributed by atoms with Crippen molar-refractivity contribution in [1.82, 2.24) is 5.32 Å². The second-order valence-electron chi connectivity index (χ2n) is 4.73. The summed E-state index contributed by atoms with van der Waals surface area (Å²) < 4.78 is 18.7. The summed E-state index contributed by atoms with van der Waals surface area (Å²) in [5.41, 5.74) is -0.566. The van der Waals surface area contributed by atoms with Crippen LogP contribution < -0.4 is 5.32 Å². The van der Waals surface area contributed by atoms with Crippen molar-refractivity contribution in [2.45, 2.75) is 18.4 Å². The first-order chi connectivity index (χ1) is 9.42. The molecule has 1 saturated heterocycles. The molecule has 20 heavy (non-hydrogen) atoms. The van der Waals surface area contributed by atoms with Crippen molar-refractivity contribution in [3.8, 4) is 0 Å². The fraction of sp³-hybridized carbons (Fsp3) is 0.385. The van der Waals surface area contributed by atoms with E-state index in [4.69, 9.17) is 9.84 Å². The number of carbonyl (C=O) groups excluding carboxylic acids is 1. The summed E-state index contributed by atoms with van der Waals surface area (Å²) in [5, 5.41) is 11.7. The highest BCUT2D eigenvalue weighted by atomic mass is 127. The molecule has 0 radical (unpaired) electrons. The number of hydrogen-bond acceptors (Lipinski definition) is 3. The summed E-state index contributed by atoms with van der Waals surface area (Å²) in [6, 6.07) is 3.84. The minimum absolute atomic E-state index is 0.169.